The first-order valence-electron chi connectivity index (χ1n) is 6.56. The van der Waals surface area contributed by atoms with Crippen molar-refractivity contribution in [3.63, 3.8) is 0 Å². The molecule has 1 fully saturated rings. The van der Waals surface area contributed by atoms with Crippen molar-refractivity contribution in [1.29, 1.82) is 0 Å². The molecule has 2 heterocycles. The second kappa shape index (κ2) is 6.10. The molecule has 114 valence electrons. The van der Waals surface area contributed by atoms with Crippen molar-refractivity contribution in [1.82, 2.24) is 9.88 Å². The Morgan fingerprint density at radius 1 is 1.27 bits per heavy atom. The third-order valence-electron chi connectivity index (χ3n) is 3.30. The number of benzene rings is 1. The van der Waals surface area contributed by atoms with E-state index in [2.05, 4.69) is 4.98 Å². The van der Waals surface area contributed by atoms with Gasteiger partial charge in [0.15, 0.2) is 0 Å². The Kier molecular flexibility index (Phi) is 4.18. The number of likely N-dealkylation sites (tertiary alicyclic amines) is 1. The molecule has 0 bridgehead atoms. The van der Waals surface area contributed by atoms with Gasteiger partial charge in [-0.2, -0.15) is 0 Å². The van der Waals surface area contributed by atoms with Crippen LogP contribution in [0, 0.1) is 5.82 Å². The number of pyridine rings is 1. The highest BCUT2D eigenvalue weighted by Gasteiger charge is 2.34. The molecule has 7 heteroatoms. The number of halogens is 3. The van der Waals surface area contributed by atoms with Gasteiger partial charge < -0.3 is 9.64 Å². The van der Waals surface area contributed by atoms with Crippen molar-refractivity contribution in [2.24, 2.45) is 0 Å². The van der Waals surface area contributed by atoms with Gasteiger partial charge in [0, 0.05) is 6.20 Å². The number of hydrogen-bond acceptors (Lipinski definition) is 3. The molecular weight excluding hydrogens is 330 g/mol. The number of carbonyl (C=O) groups is 1. The molecule has 0 aliphatic carbocycles. The van der Waals surface area contributed by atoms with Gasteiger partial charge in [-0.3, -0.25) is 4.79 Å². The number of amides is 1. The van der Waals surface area contributed by atoms with Gasteiger partial charge >= 0.3 is 0 Å². The van der Waals surface area contributed by atoms with E-state index in [0.717, 1.165) is 6.07 Å². The summed E-state index contributed by atoms with van der Waals surface area (Å²) in [6.07, 6.45) is 1.41. The monoisotopic (exact) mass is 340 g/mol. The Balaban J connectivity index is 1.61. The van der Waals surface area contributed by atoms with E-state index in [9.17, 15) is 9.18 Å². The topological polar surface area (TPSA) is 42.4 Å². The Morgan fingerprint density at radius 3 is 2.73 bits per heavy atom. The Morgan fingerprint density at radius 2 is 2.05 bits per heavy atom. The van der Waals surface area contributed by atoms with Crippen molar-refractivity contribution in [3.05, 3.63) is 58.0 Å². The zero-order valence-electron chi connectivity index (χ0n) is 11.3. The fourth-order valence-electron chi connectivity index (χ4n) is 2.13. The van der Waals surface area contributed by atoms with Crippen molar-refractivity contribution < 1.29 is 13.9 Å². The fourth-order valence-corrected chi connectivity index (χ4v) is 2.54. The molecule has 1 saturated heterocycles. The fraction of sp³-hybridized carbons (Fsp3) is 0.200. The number of hydrogen-bond donors (Lipinski definition) is 0. The van der Waals surface area contributed by atoms with Crippen LogP contribution in [0.3, 0.4) is 0 Å². The molecule has 22 heavy (non-hydrogen) atoms. The first-order chi connectivity index (χ1) is 10.5. The molecule has 1 aliphatic heterocycles. The van der Waals surface area contributed by atoms with Gasteiger partial charge in [-0.05, 0) is 30.3 Å². The maximum Gasteiger partial charge on any atom is 0.255 e. The molecule has 0 atom stereocenters. The van der Waals surface area contributed by atoms with Crippen molar-refractivity contribution >= 4 is 29.1 Å². The second-order valence-corrected chi connectivity index (χ2v) is 5.68. The normalized spacial score (nSPS) is 14.6. The number of carbonyl (C=O) groups excluding carboxylic acids is 1. The zero-order chi connectivity index (χ0) is 15.7. The van der Waals surface area contributed by atoms with Crippen molar-refractivity contribution in [2.75, 3.05) is 13.1 Å². The van der Waals surface area contributed by atoms with Crippen LogP contribution in [0.2, 0.25) is 10.0 Å². The lowest BCUT2D eigenvalue weighted by atomic mass is 10.1. The SMILES string of the molecule is O=C(c1ccc(F)cc1Cl)N1CC(Oc2ncccc2Cl)C1. The predicted octanol–water partition coefficient (Wildman–Crippen LogP) is 3.43. The van der Waals surface area contributed by atoms with Crippen LogP contribution < -0.4 is 4.74 Å². The van der Waals surface area contributed by atoms with E-state index >= 15 is 0 Å². The van der Waals surface area contributed by atoms with Gasteiger partial charge in [-0.25, -0.2) is 9.37 Å². The van der Waals surface area contributed by atoms with Crippen molar-refractivity contribution in [3.8, 4) is 5.88 Å². The summed E-state index contributed by atoms with van der Waals surface area (Å²) in [6, 6.07) is 7.10. The molecule has 0 spiro atoms. The summed E-state index contributed by atoms with van der Waals surface area (Å²) in [6.45, 7) is 0.804. The molecule has 0 unspecified atom stereocenters. The highest BCUT2D eigenvalue weighted by atomic mass is 35.5. The molecule has 3 rings (SSSR count). The average Bonchev–Trinajstić information content (AvgIpc) is 2.43. The van der Waals surface area contributed by atoms with Crippen LogP contribution in [0.4, 0.5) is 4.39 Å². The molecule has 0 N–H and O–H groups in total. The highest BCUT2D eigenvalue weighted by molar-refractivity contribution is 6.33. The van der Waals surface area contributed by atoms with Crippen LogP contribution in [-0.2, 0) is 0 Å². The summed E-state index contributed by atoms with van der Waals surface area (Å²) in [4.78, 5) is 17.8. The minimum atomic E-state index is -0.476. The number of ether oxygens (including phenoxy) is 1. The molecule has 2 aromatic rings. The maximum atomic E-state index is 13.0. The Bertz CT molecular complexity index is 720. The molecule has 0 saturated carbocycles. The molecule has 4 nitrogen and oxygen atoms in total. The highest BCUT2D eigenvalue weighted by Crippen LogP contribution is 2.26. The third-order valence-corrected chi connectivity index (χ3v) is 3.90. The lowest BCUT2D eigenvalue weighted by Gasteiger charge is -2.38. The molecule has 1 aromatic heterocycles. The van der Waals surface area contributed by atoms with E-state index in [1.807, 2.05) is 0 Å². The van der Waals surface area contributed by atoms with Crippen LogP contribution in [0.15, 0.2) is 36.5 Å². The summed E-state index contributed by atoms with van der Waals surface area (Å²) >= 11 is 11.8. The van der Waals surface area contributed by atoms with Gasteiger partial charge in [-0.15, -0.1) is 0 Å². The van der Waals surface area contributed by atoms with Crippen LogP contribution in [-0.4, -0.2) is 35.0 Å². The van der Waals surface area contributed by atoms with Crippen molar-refractivity contribution in [2.45, 2.75) is 6.10 Å². The van der Waals surface area contributed by atoms with Gasteiger partial charge in [0.2, 0.25) is 5.88 Å². The quantitative estimate of drug-likeness (QED) is 0.859. The predicted molar refractivity (Wildman–Crippen MR) is 81.0 cm³/mol. The van der Waals surface area contributed by atoms with Crippen LogP contribution in [0.5, 0.6) is 5.88 Å². The zero-order valence-corrected chi connectivity index (χ0v) is 12.8. The Hall–Kier alpha value is -1.85. The summed E-state index contributed by atoms with van der Waals surface area (Å²) in [5.74, 6) is -0.380. The second-order valence-electron chi connectivity index (χ2n) is 4.86. The minimum absolute atomic E-state index is 0.0992. The summed E-state index contributed by atoms with van der Waals surface area (Å²) in [5.41, 5.74) is 0.275. The van der Waals surface area contributed by atoms with E-state index in [1.54, 1.807) is 23.2 Å². The van der Waals surface area contributed by atoms with Gasteiger partial charge in [0.1, 0.15) is 16.9 Å². The van der Waals surface area contributed by atoms with E-state index in [-0.39, 0.29) is 22.6 Å². The molecule has 1 aromatic carbocycles. The van der Waals surface area contributed by atoms with Crippen LogP contribution >= 0.6 is 23.2 Å². The summed E-state index contributed by atoms with van der Waals surface area (Å²) in [5, 5.41) is 0.524. The number of nitrogens with zero attached hydrogens (tertiary/aromatic N) is 2. The van der Waals surface area contributed by atoms with Gasteiger partial charge in [-0.1, -0.05) is 23.2 Å². The molecule has 1 amide bonds. The lowest BCUT2D eigenvalue weighted by molar-refractivity contribution is 0.0160. The first-order valence-corrected chi connectivity index (χ1v) is 7.31. The van der Waals surface area contributed by atoms with E-state index in [1.165, 1.54) is 12.1 Å². The van der Waals surface area contributed by atoms with Gasteiger partial charge in [0.05, 0.1) is 23.7 Å². The Labute approximate surface area is 136 Å². The number of rotatable bonds is 3. The smallest absolute Gasteiger partial charge is 0.255 e. The first kappa shape index (κ1) is 15.1. The van der Waals surface area contributed by atoms with Crippen LogP contribution in [0.1, 0.15) is 10.4 Å². The standard InChI is InChI=1S/C15H11Cl2FN2O2/c16-12-2-1-5-19-14(12)22-10-7-20(8-10)15(21)11-4-3-9(18)6-13(11)17/h1-6,10H,7-8H2. The van der Waals surface area contributed by atoms with E-state index in [4.69, 9.17) is 27.9 Å². The van der Waals surface area contributed by atoms with E-state index in [0.29, 0.717) is 24.0 Å². The summed E-state index contributed by atoms with van der Waals surface area (Å²) in [7, 11) is 0. The van der Waals surface area contributed by atoms with E-state index < -0.39 is 5.82 Å². The lowest BCUT2D eigenvalue weighted by Crippen LogP contribution is -2.56. The minimum Gasteiger partial charge on any atom is -0.470 e. The van der Waals surface area contributed by atoms with Gasteiger partial charge in [0.25, 0.3) is 5.91 Å². The largest absolute Gasteiger partial charge is 0.470 e. The third kappa shape index (κ3) is 3.00. The maximum absolute atomic E-state index is 13.0. The molecule has 1 aliphatic rings. The average molecular weight is 341 g/mol. The summed E-state index contributed by atoms with van der Waals surface area (Å²) < 4.78 is 18.6. The molecular formula is C15H11Cl2FN2O2. The number of aromatic nitrogens is 1. The van der Waals surface area contributed by atoms with Crippen LogP contribution in [0.25, 0.3) is 0 Å². The molecule has 0 radical (unpaired) electrons.